The van der Waals surface area contributed by atoms with Crippen molar-refractivity contribution >= 4 is 22.9 Å². The SMILES string of the molecule is CCCCCCC/C=C/CCSc1nc2c([nH]1)c(=O)n(C)c(=O)n2C. The van der Waals surface area contributed by atoms with Crippen LogP contribution in [0.15, 0.2) is 26.9 Å². The van der Waals surface area contributed by atoms with Gasteiger partial charge in [0.05, 0.1) is 0 Å². The van der Waals surface area contributed by atoms with Crippen molar-refractivity contribution in [1.82, 2.24) is 19.1 Å². The lowest BCUT2D eigenvalue weighted by atomic mass is 10.1. The zero-order chi connectivity index (χ0) is 18.2. The Morgan fingerprint density at radius 1 is 1.04 bits per heavy atom. The molecule has 0 aliphatic heterocycles. The normalized spacial score (nSPS) is 11.8. The van der Waals surface area contributed by atoms with Gasteiger partial charge in [0.25, 0.3) is 5.56 Å². The van der Waals surface area contributed by atoms with E-state index in [-0.39, 0.29) is 11.2 Å². The van der Waals surface area contributed by atoms with E-state index in [1.807, 2.05) is 0 Å². The number of hydrogen-bond donors (Lipinski definition) is 1. The maximum Gasteiger partial charge on any atom is 0.332 e. The molecule has 0 aromatic carbocycles. The molecule has 0 radical (unpaired) electrons. The fourth-order valence-electron chi connectivity index (χ4n) is 2.70. The molecule has 0 atom stereocenters. The van der Waals surface area contributed by atoms with Gasteiger partial charge in [0, 0.05) is 19.8 Å². The molecule has 25 heavy (non-hydrogen) atoms. The molecule has 0 saturated carbocycles. The van der Waals surface area contributed by atoms with Gasteiger partial charge in [-0.25, -0.2) is 9.78 Å². The Balaban J connectivity index is 1.82. The van der Waals surface area contributed by atoms with Crippen LogP contribution in [0.25, 0.3) is 11.2 Å². The van der Waals surface area contributed by atoms with Crippen molar-refractivity contribution in [3.05, 3.63) is 33.0 Å². The number of hydrogen-bond acceptors (Lipinski definition) is 4. The summed E-state index contributed by atoms with van der Waals surface area (Å²) in [5, 5.41) is 0.682. The molecule has 0 aliphatic rings. The number of aromatic amines is 1. The van der Waals surface area contributed by atoms with Crippen molar-refractivity contribution in [2.45, 2.75) is 57.0 Å². The maximum absolute atomic E-state index is 12.1. The molecule has 0 fully saturated rings. The fourth-order valence-corrected chi connectivity index (χ4v) is 3.47. The average molecular weight is 365 g/mol. The molecule has 0 amide bonds. The summed E-state index contributed by atoms with van der Waals surface area (Å²) < 4.78 is 2.49. The molecule has 0 aliphatic carbocycles. The molecular weight excluding hydrogens is 336 g/mol. The largest absolute Gasteiger partial charge is 0.332 e. The standard InChI is InChI=1S/C18H28N4O2S/c1-4-5-6-7-8-9-10-11-12-13-25-17-19-14-15(20-17)21(2)18(24)22(3)16(14)23/h10-11H,4-9,12-13H2,1-3H3,(H,19,20)/b11-10+. The average Bonchev–Trinajstić information content (AvgIpc) is 3.04. The van der Waals surface area contributed by atoms with Gasteiger partial charge in [-0.1, -0.05) is 56.5 Å². The first-order valence-electron chi connectivity index (χ1n) is 8.99. The van der Waals surface area contributed by atoms with Crippen molar-refractivity contribution in [2.24, 2.45) is 14.1 Å². The minimum Gasteiger partial charge on any atom is -0.327 e. The summed E-state index contributed by atoms with van der Waals surface area (Å²) in [4.78, 5) is 31.4. The van der Waals surface area contributed by atoms with Gasteiger partial charge in [0.2, 0.25) is 0 Å². The Bertz CT molecular complexity index is 832. The first kappa shape index (κ1) is 19.6. The first-order valence-corrected chi connectivity index (χ1v) is 9.98. The van der Waals surface area contributed by atoms with Gasteiger partial charge in [0.15, 0.2) is 16.3 Å². The molecule has 2 heterocycles. The molecule has 2 aromatic rings. The van der Waals surface area contributed by atoms with E-state index in [0.29, 0.717) is 16.3 Å². The molecule has 7 heteroatoms. The van der Waals surface area contributed by atoms with E-state index < -0.39 is 0 Å². The predicted molar refractivity (Wildman–Crippen MR) is 104 cm³/mol. The van der Waals surface area contributed by atoms with Gasteiger partial charge >= 0.3 is 5.69 Å². The van der Waals surface area contributed by atoms with E-state index in [0.717, 1.165) is 23.2 Å². The maximum atomic E-state index is 12.1. The number of unbranched alkanes of at least 4 members (excludes halogenated alkanes) is 5. The van der Waals surface area contributed by atoms with Crippen LogP contribution in [0.1, 0.15) is 51.9 Å². The highest BCUT2D eigenvalue weighted by Crippen LogP contribution is 2.17. The first-order chi connectivity index (χ1) is 12.1. The second-order valence-corrected chi connectivity index (χ2v) is 7.34. The number of aromatic nitrogens is 4. The highest BCUT2D eigenvalue weighted by Gasteiger charge is 2.13. The highest BCUT2D eigenvalue weighted by molar-refractivity contribution is 7.99. The minimum atomic E-state index is -0.359. The summed E-state index contributed by atoms with van der Waals surface area (Å²) in [6, 6.07) is 0. The lowest BCUT2D eigenvalue weighted by molar-refractivity contribution is 0.637. The third kappa shape index (κ3) is 5.11. The Hall–Kier alpha value is -1.76. The number of nitrogens with zero attached hydrogens (tertiary/aromatic N) is 3. The number of imidazole rings is 1. The van der Waals surface area contributed by atoms with E-state index in [2.05, 4.69) is 29.0 Å². The van der Waals surface area contributed by atoms with Crippen molar-refractivity contribution in [1.29, 1.82) is 0 Å². The molecule has 1 N–H and O–H groups in total. The Kier molecular flexibility index (Phi) is 7.55. The van der Waals surface area contributed by atoms with Crippen molar-refractivity contribution in [3.8, 4) is 0 Å². The highest BCUT2D eigenvalue weighted by atomic mass is 32.2. The lowest BCUT2D eigenvalue weighted by Gasteiger charge is -2.00. The van der Waals surface area contributed by atoms with E-state index >= 15 is 0 Å². The van der Waals surface area contributed by atoms with Crippen LogP contribution in [0, 0.1) is 0 Å². The molecule has 0 saturated heterocycles. The van der Waals surface area contributed by atoms with E-state index in [1.165, 1.54) is 43.7 Å². The molecule has 0 spiro atoms. The Labute approximate surface area is 152 Å². The second kappa shape index (κ2) is 9.65. The zero-order valence-electron chi connectivity index (χ0n) is 15.4. The molecule has 0 unspecified atom stereocenters. The van der Waals surface area contributed by atoms with Crippen molar-refractivity contribution in [3.63, 3.8) is 0 Å². The van der Waals surface area contributed by atoms with E-state index in [1.54, 1.807) is 18.8 Å². The number of thioether (sulfide) groups is 1. The smallest absolute Gasteiger partial charge is 0.327 e. The Morgan fingerprint density at radius 2 is 1.76 bits per heavy atom. The van der Waals surface area contributed by atoms with Crippen LogP contribution in [0.5, 0.6) is 0 Å². The van der Waals surface area contributed by atoms with Crippen LogP contribution < -0.4 is 11.2 Å². The summed E-state index contributed by atoms with van der Waals surface area (Å²) in [5.74, 6) is 0.889. The summed E-state index contributed by atoms with van der Waals surface area (Å²) in [6.07, 6.45) is 13.1. The predicted octanol–water partition coefficient (Wildman–Crippen LogP) is 3.36. The van der Waals surface area contributed by atoms with E-state index in [9.17, 15) is 9.59 Å². The number of rotatable bonds is 10. The summed E-state index contributed by atoms with van der Waals surface area (Å²) in [7, 11) is 3.10. The second-order valence-electron chi connectivity index (χ2n) is 6.26. The van der Waals surface area contributed by atoms with Gasteiger partial charge < -0.3 is 4.98 Å². The third-order valence-electron chi connectivity index (χ3n) is 4.24. The van der Waals surface area contributed by atoms with Crippen LogP contribution in [0.3, 0.4) is 0 Å². The van der Waals surface area contributed by atoms with E-state index in [4.69, 9.17) is 0 Å². The quantitative estimate of drug-likeness (QED) is 0.399. The number of H-pyrrole nitrogens is 1. The molecule has 6 nitrogen and oxygen atoms in total. The van der Waals surface area contributed by atoms with Gasteiger partial charge in [0.1, 0.15) is 0 Å². The van der Waals surface area contributed by atoms with Crippen molar-refractivity contribution in [2.75, 3.05) is 5.75 Å². The van der Waals surface area contributed by atoms with Crippen LogP contribution in [-0.2, 0) is 14.1 Å². The molecule has 0 bridgehead atoms. The molecular formula is C18H28N4O2S. The molecule has 138 valence electrons. The number of allylic oxidation sites excluding steroid dienone is 2. The monoisotopic (exact) mass is 364 g/mol. The van der Waals surface area contributed by atoms with Crippen LogP contribution in [-0.4, -0.2) is 24.9 Å². The third-order valence-corrected chi connectivity index (χ3v) is 5.14. The molecule has 2 rings (SSSR count). The van der Waals surface area contributed by atoms with Crippen molar-refractivity contribution < 1.29 is 0 Å². The summed E-state index contributed by atoms with van der Waals surface area (Å²) >= 11 is 1.57. The van der Waals surface area contributed by atoms with Crippen LogP contribution in [0.2, 0.25) is 0 Å². The lowest BCUT2D eigenvalue weighted by Crippen LogP contribution is -2.36. The van der Waals surface area contributed by atoms with Gasteiger partial charge in [-0.2, -0.15) is 0 Å². The Morgan fingerprint density at radius 3 is 2.52 bits per heavy atom. The van der Waals surface area contributed by atoms with Crippen LogP contribution in [0.4, 0.5) is 0 Å². The van der Waals surface area contributed by atoms with Gasteiger partial charge in [-0.3, -0.25) is 13.9 Å². The number of fused-ring (bicyclic) bond motifs is 1. The van der Waals surface area contributed by atoms with Crippen LogP contribution >= 0.6 is 11.8 Å². The number of aryl methyl sites for hydroxylation is 1. The fraction of sp³-hybridized carbons (Fsp3) is 0.611. The van der Waals surface area contributed by atoms with Gasteiger partial charge in [-0.05, 0) is 19.3 Å². The summed E-state index contributed by atoms with van der Waals surface area (Å²) in [5.41, 5.74) is 0.107. The molecule has 2 aromatic heterocycles. The number of nitrogens with one attached hydrogen (secondary N) is 1. The minimum absolute atomic E-state index is 0.333. The summed E-state index contributed by atoms with van der Waals surface area (Å²) in [6.45, 7) is 2.23. The van der Waals surface area contributed by atoms with Gasteiger partial charge in [-0.15, -0.1) is 0 Å². The topological polar surface area (TPSA) is 72.7 Å². The zero-order valence-corrected chi connectivity index (χ0v) is 16.2.